The van der Waals surface area contributed by atoms with Crippen molar-refractivity contribution in [1.29, 1.82) is 0 Å². The minimum Gasteiger partial charge on any atom is -0.383 e. The molecule has 0 bridgehead atoms. The minimum atomic E-state index is -0.391. The molecular formula is C23H26FN5O3. The van der Waals surface area contributed by atoms with Crippen molar-refractivity contribution in [2.45, 2.75) is 51.5 Å². The van der Waals surface area contributed by atoms with Crippen LogP contribution in [0.1, 0.15) is 58.6 Å². The van der Waals surface area contributed by atoms with Crippen LogP contribution in [0.15, 0.2) is 18.3 Å². The lowest BCUT2D eigenvalue weighted by atomic mass is 10.1. The lowest BCUT2D eigenvalue weighted by Gasteiger charge is -2.28. The lowest BCUT2D eigenvalue weighted by Crippen LogP contribution is -2.41. The van der Waals surface area contributed by atoms with Crippen LogP contribution in [0.2, 0.25) is 0 Å². The Labute approximate surface area is 184 Å². The molecule has 1 fully saturated rings. The van der Waals surface area contributed by atoms with Crippen LogP contribution in [0.5, 0.6) is 0 Å². The molecule has 0 unspecified atom stereocenters. The fourth-order valence-electron chi connectivity index (χ4n) is 4.27. The molecule has 4 heterocycles. The fourth-order valence-corrected chi connectivity index (χ4v) is 4.27. The summed E-state index contributed by atoms with van der Waals surface area (Å²) < 4.78 is 25.6. The summed E-state index contributed by atoms with van der Waals surface area (Å²) in [4.78, 5) is 27.0. The maximum absolute atomic E-state index is 14.8. The van der Waals surface area contributed by atoms with Crippen LogP contribution in [0.25, 0.3) is 11.0 Å². The van der Waals surface area contributed by atoms with Crippen molar-refractivity contribution in [3.8, 4) is 0 Å². The van der Waals surface area contributed by atoms with E-state index in [1.165, 1.54) is 0 Å². The van der Waals surface area contributed by atoms with Crippen LogP contribution in [-0.4, -0.2) is 45.5 Å². The Morgan fingerprint density at radius 2 is 2.16 bits per heavy atom. The number of halogens is 1. The second-order valence-corrected chi connectivity index (χ2v) is 8.60. The number of aromatic amines is 1. The molecule has 168 valence electrons. The Bertz CT molecular complexity index is 1190. The number of nitrogens with zero attached hydrogens (tertiary/aromatic N) is 3. The zero-order valence-electron chi connectivity index (χ0n) is 18.2. The second-order valence-electron chi connectivity index (χ2n) is 8.60. The molecule has 0 spiro atoms. The molecule has 5 rings (SSSR count). The number of fused-ring (bicyclic) bond motifs is 3. The maximum atomic E-state index is 14.8. The zero-order chi connectivity index (χ0) is 22.4. The number of pyridine rings is 2. The molecule has 3 aromatic heterocycles. The number of hydrogen-bond acceptors (Lipinski definition) is 6. The zero-order valence-corrected chi connectivity index (χ0v) is 18.2. The summed E-state index contributed by atoms with van der Waals surface area (Å²) >= 11 is 0. The molecule has 1 aliphatic heterocycles. The van der Waals surface area contributed by atoms with Crippen molar-refractivity contribution in [2.24, 2.45) is 0 Å². The molecule has 1 saturated carbocycles. The van der Waals surface area contributed by atoms with Gasteiger partial charge in [0.05, 0.1) is 49.1 Å². The molecule has 0 radical (unpaired) electrons. The number of aromatic nitrogens is 3. The van der Waals surface area contributed by atoms with E-state index in [1.54, 1.807) is 30.3 Å². The van der Waals surface area contributed by atoms with Gasteiger partial charge < -0.3 is 25.1 Å². The summed E-state index contributed by atoms with van der Waals surface area (Å²) in [5.74, 6) is 0.145. The number of H-pyrrole nitrogens is 1. The first kappa shape index (κ1) is 20.8. The molecule has 32 heavy (non-hydrogen) atoms. The molecule has 1 amide bonds. The highest BCUT2D eigenvalue weighted by molar-refractivity contribution is 5.98. The predicted octanol–water partition coefficient (Wildman–Crippen LogP) is 3.26. The molecule has 3 aromatic rings. The Morgan fingerprint density at radius 1 is 1.38 bits per heavy atom. The van der Waals surface area contributed by atoms with Gasteiger partial charge in [-0.3, -0.25) is 9.78 Å². The van der Waals surface area contributed by atoms with Crippen molar-refractivity contribution in [3.63, 3.8) is 0 Å². The SMILES string of the molecule is COC[C@@H](C)N(Cc1ncc(C2CC2)cc1F)C(=O)c1cc2nc(N)c3c(c2[nH]1)COC3. The van der Waals surface area contributed by atoms with Crippen molar-refractivity contribution in [2.75, 3.05) is 19.5 Å². The molecule has 1 atom stereocenters. The lowest BCUT2D eigenvalue weighted by molar-refractivity contribution is 0.0531. The van der Waals surface area contributed by atoms with Gasteiger partial charge in [-0.2, -0.15) is 0 Å². The first-order valence-corrected chi connectivity index (χ1v) is 10.8. The smallest absolute Gasteiger partial charge is 0.271 e. The van der Waals surface area contributed by atoms with Gasteiger partial charge in [-0.05, 0) is 43.4 Å². The number of anilines is 1. The first-order chi connectivity index (χ1) is 15.5. The third kappa shape index (κ3) is 3.71. The number of ether oxygens (including phenoxy) is 2. The van der Waals surface area contributed by atoms with E-state index in [0.29, 0.717) is 42.8 Å². The van der Waals surface area contributed by atoms with E-state index in [0.717, 1.165) is 35.0 Å². The quantitative estimate of drug-likeness (QED) is 0.585. The Morgan fingerprint density at radius 3 is 2.88 bits per heavy atom. The number of carbonyl (C=O) groups is 1. The molecule has 8 nitrogen and oxygen atoms in total. The van der Waals surface area contributed by atoms with Gasteiger partial charge in [0.25, 0.3) is 5.91 Å². The number of carbonyl (C=O) groups excluding carboxylic acids is 1. The van der Waals surface area contributed by atoms with Crippen molar-refractivity contribution >= 4 is 22.8 Å². The standard InChI is InChI=1S/C23H26FN5O3/c1-12(9-31-2)29(8-20-17(24)5-14(7-26-20)13-3-4-13)23(30)19-6-18-21(27-19)15-10-32-11-16(15)22(25)28-18/h5-7,12-13,27H,3-4,8-11H2,1-2H3,(H2,25,28)/t12-/m1/s1. The predicted molar refractivity (Wildman–Crippen MR) is 116 cm³/mol. The number of methoxy groups -OCH3 is 1. The van der Waals surface area contributed by atoms with Gasteiger partial charge in [0.15, 0.2) is 0 Å². The van der Waals surface area contributed by atoms with Crippen LogP contribution in [0.4, 0.5) is 10.2 Å². The summed E-state index contributed by atoms with van der Waals surface area (Å²) in [6.45, 7) is 3.03. The van der Waals surface area contributed by atoms with Crippen LogP contribution in [0.3, 0.4) is 0 Å². The van der Waals surface area contributed by atoms with E-state index in [9.17, 15) is 9.18 Å². The summed E-state index contributed by atoms with van der Waals surface area (Å²) in [6, 6.07) is 2.93. The van der Waals surface area contributed by atoms with E-state index >= 15 is 0 Å². The number of amides is 1. The average molecular weight is 439 g/mol. The molecule has 2 aliphatic rings. The van der Waals surface area contributed by atoms with Gasteiger partial charge >= 0.3 is 0 Å². The highest BCUT2D eigenvalue weighted by atomic mass is 19.1. The summed E-state index contributed by atoms with van der Waals surface area (Å²) in [5.41, 5.74) is 10.7. The van der Waals surface area contributed by atoms with Crippen molar-refractivity contribution in [3.05, 3.63) is 52.2 Å². The minimum absolute atomic E-state index is 0.0340. The third-order valence-corrected chi connectivity index (χ3v) is 6.24. The summed E-state index contributed by atoms with van der Waals surface area (Å²) in [5, 5.41) is 0. The van der Waals surface area contributed by atoms with Crippen LogP contribution in [0, 0.1) is 5.82 Å². The number of hydrogen-bond donors (Lipinski definition) is 2. The highest BCUT2D eigenvalue weighted by Crippen LogP contribution is 2.40. The molecular weight excluding hydrogens is 413 g/mol. The van der Waals surface area contributed by atoms with Gasteiger partial charge in [-0.1, -0.05) is 0 Å². The molecule has 0 saturated heterocycles. The maximum Gasteiger partial charge on any atom is 0.271 e. The normalized spacial score (nSPS) is 16.3. The molecule has 1 aliphatic carbocycles. The largest absolute Gasteiger partial charge is 0.383 e. The van der Waals surface area contributed by atoms with Gasteiger partial charge in [0.2, 0.25) is 0 Å². The summed E-state index contributed by atoms with van der Waals surface area (Å²) in [6.07, 6.45) is 3.87. The van der Waals surface area contributed by atoms with Gasteiger partial charge in [-0.25, -0.2) is 9.37 Å². The Kier molecular flexibility index (Phi) is 5.30. The van der Waals surface area contributed by atoms with E-state index in [2.05, 4.69) is 15.0 Å². The van der Waals surface area contributed by atoms with Crippen LogP contribution in [-0.2, 0) is 29.2 Å². The van der Waals surface area contributed by atoms with Crippen LogP contribution >= 0.6 is 0 Å². The number of rotatable bonds is 7. The first-order valence-electron chi connectivity index (χ1n) is 10.8. The van der Waals surface area contributed by atoms with Gasteiger partial charge in [0.1, 0.15) is 17.3 Å². The van der Waals surface area contributed by atoms with Crippen molar-refractivity contribution < 1.29 is 18.7 Å². The van der Waals surface area contributed by atoms with E-state index < -0.39 is 5.82 Å². The fraction of sp³-hybridized carbons (Fsp3) is 0.435. The number of nitrogens with one attached hydrogen (secondary N) is 1. The van der Waals surface area contributed by atoms with Crippen LogP contribution < -0.4 is 5.73 Å². The molecule has 0 aromatic carbocycles. The molecule has 9 heteroatoms. The monoisotopic (exact) mass is 439 g/mol. The van der Waals surface area contributed by atoms with Gasteiger partial charge in [0, 0.05) is 24.4 Å². The van der Waals surface area contributed by atoms with E-state index in [-0.39, 0.29) is 24.2 Å². The number of nitrogen functional groups attached to an aromatic ring is 1. The van der Waals surface area contributed by atoms with E-state index in [4.69, 9.17) is 15.2 Å². The van der Waals surface area contributed by atoms with E-state index in [1.807, 2.05) is 6.92 Å². The summed E-state index contributed by atoms with van der Waals surface area (Å²) in [7, 11) is 1.57. The Balaban J connectivity index is 1.47. The topological polar surface area (TPSA) is 106 Å². The molecule has 3 N–H and O–H groups in total. The Hall–Kier alpha value is -3.04. The average Bonchev–Trinajstić information content (AvgIpc) is 3.33. The van der Waals surface area contributed by atoms with Gasteiger partial charge in [-0.15, -0.1) is 0 Å². The highest BCUT2D eigenvalue weighted by Gasteiger charge is 2.29. The number of nitrogens with two attached hydrogens (primary N) is 1. The second kappa shape index (κ2) is 8.14. The van der Waals surface area contributed by atoms with Crippen molar-refractivity contribution in [1.82, 2.24) is 19.9 Å². The third-order valence-electron chi connectivity index (χ3n) is 6.24.